The Morgan fingerprint density at radius 3 is 2.28 bits per heavy atom. The van der Waals surface area contributed by atoms with Crippen molar-refractivity contribution in [2.24, 2.45) is 21.2 Å². The van der Waals surface area contributed by atoms with Crippen molar-refractivity contribution in [3.8, 4) is 0 Å². The lowest BCUT2D eigenvalue weighted by Gasteiger charge is -1.98. The van der Waals surface area contributed by atoms with Crippen molar-refractivity contribution in [3.05, 3.63) is 65.7 Å². The minimum atomic E-state index is 0.356. The molecule has 2 rings (SSSR count). The van der Waals surface area contributed by atoms with Crippen molar-refractivity contribution in [1.82, 2.24) is 0 Å². The molecule has 2 aromatic carbocycles. The number of amidine groups is 1. The van der Waals surface area contributed by atoms with Gasteiger partial charge in [0.15, 0.2) is 5.84 Å². The molecule has 0 aromatic heterocycles. The molecule has 0 unspecified atom stereocenters. The lowest BCUT2D eigenvalue weighted by molar-refractivity contribution is 1.05. The van der Waals surface area contributed by atoms with Crippen LogP contribution in [0.1, 0.15) is 11.1 Å². The minimum Gasteiger partial charge on any atom is -0.382 e. The molecule has 2 N–H and O–H groups in total. The molecule has 0 saturated carbocycles. The molecule has 0 spiro atoms. The summed E-state index contributed by atoms with van der Waals surface area (Å²) in [4.78, 5) is 0. The van der Waals surface area contributed by atoms with Gasteiger partial charge in [-0.05, 0) is 24.3 Å². The van der Waals surface area contributed by atoms with E-state index in [9.17, 15) is 0 Å². The van der Waals surface area contributed by atoms with Gasteiger partial charge in [-0.25, -0.2) is 0 Å². The molecule has 18 heavy (non-hydrogen) atoms. The van der Waals surface area contributed by atoms with Crippen LogP contribution in [0.3, 0.4) is 0 Å². The average Bonchev–Trinajstić information content (AvgIpc) is 2.40. The number of nitrogens with zero attached hydrogens (tertiary/aromatic N) is 3. The predicted octanol–water partition coefficient (Wildman–Crippen LogP) is 3.40. The predicted molar refractivity (Wildman–Crippen MR) is 72.9 cm³/mol. The first-order valence-electron chi connectivity index (χ1n) is 5.62. The van der Waals surface area contributed by atoms with Gasteiger partial charge < -0.3 is 5.73 Å². The maximum absolute atomic E-state index is 5.81. The lowest BCUT2D eigenvalue weighted by atomic mass is 10.1. The second-order valence-corrected chi connectivity index (χ2v) is 3.88. The smallest absolute Gasteiger partial charge is 0.155 e. The molecule has 4 heteroatoms. The van der Waals surface area contributed by atoms with E-state index in [1.54, 1.807) is 0 Å². The molecule has 90 valence electrons. The van der Waals surface area contributed by atoms with E-state index in [1.165, 1.54) is 5.56 Å². The van der Waals surface area contributed by atoms with E-state index in [-0.39, 0.29) is 0 Å². The van der Waals surface area contributed by atoms with E-state index < -0.39 is 0 Å². The Morgan fingerprint density at radius 2 is 1.61 bits per heavy atom. The summed E-state index contributed by atoms with van der Waals surface area (Å²) in [6.45, 7) is 2.02. The third-order valence-electron chi connectivity index (χ3n) is 2.42. The Balaban J connectivity index is 2.10. The molecule has 0 radical (unpaired) electrons. The van der Waals surface area contributed by atoms with Gasteiger partial charge in [0.1, 0.15) is 0 Å². The highest BCUT2D eigenvalue weighted by atomic mass is 15.4. The zero-order valence-electron chi connectivity index (χ0n) is 10.1. The zero-order valence-corrected chi connectivity index (χ0v) is 10.1. The SMILES string of the molecule is Cc1ccc(/C(N)=N/N=Nc2ccccc2)cc1. The van der Waals surface area contributed by atoms with Crippen LogP contribution in [-0.4, -0.2) is 5.84 Å². The van der Waals surface area contributed by atoms with Gasteiger partial charge in [-0.3, -0.25) is 0 Å². The van der Waals surface area contributed by atoms with E-state index in [4.69, 9.17) is 5.73 Å². The third-order valence-corrected chi connectivity index (χ3v) is 2.42. The van der Waals surface area contributed by atoms with Crippen molar-refractivity contribution in [2.75, 3.05) is 0 Å². The van der Waals surface area contributed by atoms with Crippen LogP contribution in [0.25, 0.3) is 0 Å². The van der Waals surface area contributed by atoms with Gasteiger partial charge in [-0.2, -0.15) is 0 Å². The maximum atomic E-state index is 5.81. The number of rotatable bonds is 3. The van der Waals surface area contributed by atoms with E-state index >= 15 is 0 Å². The molecule has 0 aliphatic carbocycles. The summed E-state index contributed by atoms with van der Waals surface area (Å²) in [7, 11) is 0. The van der Waals surface area contributed by atoms with Gasteiger partial charge in [0, 0.05) is 5.56 Å². The van der Waals surface area contributed by atoms with E-state index in [1.807, 2.05) is 61.5 Å². The van der Waals surface area contributed by atoms with Crippen molar-refractivity contribution >= 4 is 11.5 Å². The number of aryl methyl sites for hydroxylation is 1. The molecule has 0 aliphatic heterocycles. The van der Waals surface area contributed by atoms with Gasteiger partial charge in [-0.15, -0.1) is 10.2 Å². The number of hydrogen-bond donors (Lipinski definition) is 1. The Kier molecular flexibility index (Phi) is 3.81. The number of nitrogens with two attached hydrogens (primary N) is 1. The fourth-order valence-electron chi connectivity index (χ4n) is 1.40. The molecule has 0 bridgehead atoms. The lowest BCUT2D eigenvalue weighted by Crippen LogP contribution is -2.12. The van der Waals surface area contributed by atoms with Gasteiger partial charge in [0.2, 0.25) is 0 Å². The standard InChI is InChI=1S/C14H14N4/c1-11-7-9-12(10-8-11)14(15)17-18-16-13-5-3-2-4-6-13/h2-10H,1H3,(H2,15,16,17). The van der Waals surface area contributed by atoms with E-state index in [2.05, 4.69) is 15.4 Å². The summed E-state index contributed by atoms with van der Waals surface area (Å²) in [5.74, 6) is 0.356. The number of benzene rings is 2. The second kappa shape index (κ2) is 5.72. The highest BCUT2D eigenvalue weighted by Gasteiger charge is 1.96. The molecule has 0 heterocycles. The zero-order chi connectivity index (χ0) is 12.8. The normalized spacial score (nSPS) is 11.9. The fraction of sp³-hybridized carbons (Fsp3) is 0.0714. The van der Waals surface area contributed by atoms with Crippen LogP contribution in [0, 0.1) is 6.92 Å². The molecule has 0 saturated heterocycles. The first-order chi connectivity index (χ1) is 8.75. The fourth-order valence-corrected chi connectivity index (χ4v) is 1.40. The Hall–Kier alpha value is -2.49. The molecule has 0 amide bonds. The van der Waals surface area contributed by atoms with Crippen LogP contribution in [-0.2, 0) is 0 Å². The molecule has 0 fully saturated rings. The summed E-state index contributed by atoms with van der Waals surface area (Å²) in [6.07, 6.45) is 0. The average molecular weight is 238 g/mol. The second-order valence-electron chi connectivity index (χ2n) is 3.88. The van der Waals surface area contributed by atoms with Crippen LogP contribution in [0.2, 0.25) is 0 Å². The van der Waals surface area contributed by atoms with Crippen LogP contribution >= 0.6 is 0 Å². The summed E-state index contributed by atoms with van der Waals surface area (Å²) >= 11 is 0. The monoisotopic (exact) mass is 238 g/mol. The third kappa shape index (κ3) is 3.25. The molecule has 4 nitrogen and oxygen atoms in total. The van der Waals surface area contributed by atoms with Crippen LogP contribution in [0.5, 0.6) is 0 Å². The van der Waals surface area contributed by atoms with Gasteiger partial charge >= 0.3 is 0 Å². The van der Waals surface area contributed by atoms with E-state index in [0.717, 1.165) is 11.3 Å². The van der Waals surface area contributed by atoms with Gasteiger partial charge in [-0.1, -0.05) is 48.0 Å². The summed E-state index contributed by atoms with van der Waals surface area (Å²) in [6, 6.07) is 17.2. The Labute approximate surface area is 106 Å². The van der Waals surface area contributed by atoms with Gasteiger partial charge in [0.25, 0.3) is 0 Å². The van der Waals surface area contributed by atoms with Crippen molar-refractivity contribution in [3.63, 3.8) is 0 Å². The van der Waals surface area contributed by atoms with Crippen LogP contribution < -0.4 is 5.73 Å². The highest BCUT2D eigenvalue weighted by molar-refractivity contribution is 5.97. The van der Waals surface area contributed by atoms with Crippen molar-refractivity contribution in [2.45, 2.75) is 6.92 Å². The molecule has 0 atom stereocenters. The molecule has 2 aromatic rings. The van der Waals surface area contributed by atoms with Gasteiger partial charge in [0.05, 0.1) is 5.69 Å². The maximum Gasteiger partial charge on any atom is 0.155 e. The largest absolute Gasteiger partial charge is 0.382 e. The Bertz CT molecular complexity index is 556. The molecule has 0 aliphatic rings. The summed E-state index contributed by atoms with van der Waals surface area (Å²) in [5.41, 5.74) is 8.57. The van der Waals surface area contributed by atoms with Crippen LogP contribution in [0.4, 0.5) is 5.69 Å². The first-order valence-corrected chi connectivity index (χ1v) is 5.62. The van der Waals surface area contributed by atoms with E-state index in [0.29, 0.717) is 5.84 Å². The van der Waals surface area contributed by atoms with Crippen LogP contribution in [0.15, 0.2) is 70.0 Å². The quantitative estimate of drug-likeness (QED) is 0.379. The topological polar surface area (TPSA) is 63.1 Å². The minimum absolute atomic E-state index is 0.356. The highest BCUT2D eigenvalue weighted by Crippen LogP contribution is 2.10. The molecular formula is C14H14N4. The summed E-state index contributed by atoms with van der Waals surface area (Å²) < 4.78 is 0. The molecular weight excluding hydrogens is 224 g/mol. The Morgan fingerprint density at radius 1 is 0.944 bits per heavy atom. The number of hydrogen-bond acceptors (Lipinski definition) is 2. The van der Waals surface area contributed by atoms with Crippen molar-refractivity contribution in [1.29, 1.82) is 0 Å². The summed E-state index contributed by atoms with van der Waals surface area (Å²) in [5, 5.41) is 11.5. The van der Waals surface area contributed by atoms with Crippen molar-refractivity contribution < 1.29 is 0 Å². The first kappa shape index (κ1) is 12.0.